The number of hydrogen-bond acceptors (Lipinski definition) is 4. The molecule has 0 unspecified atom stereocenters. The van der Waals surface area contributed by atoms with E-state index < -0.39 is 0 Å². The van der Waals surface area contributed by atoms with Gasteiger partial charge in [-0.15, -0.1) is 0 Å². The molecule has 0 aliphatic heterocycles. The number of benzene rings is 3. The van der Waals surface area contributed by atoms with E-state index in [9.17, 15) is 14.7 Å². The molecule has 0 radical (unpaired) electrons. The van der Waals surface area contributed by atoms with Crippen molar-refractivity contribution < 1.29 is 19.4 Å². The van der Waals surface area contributed by atoms with Crippen LogP contribution in [0.5, 0.6) is 11.5 Å². The summed E-state index contributed by atoms with van der Waals surface area (Å²) in [5.41, 5.74) is 3.90. The van der Waals surface area contributed by atoms with Crippen LogP contribution in [0.2, 0.25) is 0 Å². The van der Waals surface area contributed by atoms with Crippen molar-refractivity contribution in [3.8, 4) is 11.5 Å². The summed E-state index contributed by atoms with van der Waals surface area (Å²) in [6, 6.07) is 17.0. The molecule has 1 N–H and O–H groups in total. The van der Waals surface area contributed by atoms with Crippen molar-refractivity contribution in [2.45, 2.75) is 20.5 Å². The Morgan fingerprint density at radius 2 is 1.41 bits per heavy atom. The van der Waals surface area contributed by atoms with Crippen LogP contribution in [0.15, 0.2) is 63.5 Å². The predicted molar refractivity (Wildman–Crippen MR) is 121 cm³/mol. The summed E-state index contributed by atoms with van der Waals surface area (Å²) in [6.07, 6.45) is 1.43. The van der Waals surface area contributed by atoms with Crippen molar-refractivity contribution in [2.24, 2.45) is 0 Å². The highest BCUT2D eigenvalue weighted by molar-refractivity contribution is 9.10. The van der Waals surface area contributed by atoms with Gasteiger partial charge in [-0.05, 0) is 86.7 Å². The number of carbonyl (C=O) groups excluding carboxylic acids is 2. The Morgan fingerprint density at radius 3 is 1.97 bits per heavy atom. The van der Waals surface area contributed by atoms with Crippen LogP contribution in [0, 0.1) is 13.8 Å². The summed E-state index contributed by atoms with van der Waals surface area (Å²) in [5, 5.41) is 9.21. The molecule has 0 saturated heterocycles. The van der Waals surface area contributed by atoms with Crippen molar-refractivity contribution in [1.29, 1.82) is 0 Å². The van der Waals surface area contributed by atoms with Gasteiger partial charge in [0, 0.05) is 8.95 Å². The summed E-state index contributed by atoms with van der Waals surface area (Å²) < 4.78 is 7.11. The monoisotopic (exact) mass is 518 g/mol. The molecule has 0 amide bonds. The quantitative estimate of drug-likeness (QED) is 0.395. The van der Waals surface area contributed by atoms with Gasteiger partial charge in [0.25, 0.3) is 0 Å². The highest BCUT2D eigenvalue weighted by atomic mass is 79.9. The Hall–Kier alpha value is -2.44. The number of aryl methyl sites for hydroxylation is 2. The smallest absolute Gasteiger partial charge is 0.154 e. The number of aldehydes is 2. The first-order valence-corrected chi connectivity index (χ1v) is 10.3. The first kappa shape index (κ1) is 22.8. The van der Waals surface area contributed by atoms with Gasteiger partial charge in [-0.3, -0.25) is 9.59 Å². The molecular weight excluding hydrogens is 500 g/mol. The maximum absolute atomic E-state index is 11.1. The Labute approximate surface area is 186 Å². The zero-order valence-corrected chi connectivity index (χ0v) is 19.2. The lowest BCUT2D eigenvalue weighted by atomic mass is 10.1. The summed E-state index contributed by atoms with van der Waals surface area (Å²) in [5.74, 6) is 0.632. The van der Waals surface area contributed by atoms with E-state index in [1.807, 2.05) is 56.3 Å². The van der Waals surface area contributed by atoms with E-state index in [1.54, 1.807) is 12.1 Å². The molecule has 0 spiro atoms. The van der Waals surface area contributed by atoms with Gasteiger partial charge in [0.05, 0.1) is 11.1 Å². The largest absolute Gasteiger partial charge is 0.507 e. The predicted octanol–water partition coefficient (Wildman–Crippen LogP) is 6.42. The van der Waals surface area contributed by atoms with Crippen molar-refractivity contribution in [3.63, 3.8) is 0 Å². The van der Waals surface area contributed by atoms with E-state index in [0.717, 1.165) is 27.4 Å². The minimum absolute atomic E-state index is 0.0203. The number of rotatable bonds is 5. The van der Waals surface area contributed by atoms with Crippen LogP contribution in [-0.2, 0) is 6.61 Å². The number of aromatic hydroxyl groups is 1. The third-order valence-electron chi connectivity index (χ3n) is 3.96. The molecule has 0 heterocycles. The van der Waals surface area contributed by atoms with E-state index in [-0.39, 0.29) is 5.75 Å². The third kappa shape index (κ3) is 6.54. The van der Waals surface area contributed by atoms with E-state index in [1.165, 1.54) is 0 Å². The lowest BCUT2D eigenvalue weighted by molar-refractivity contribution is 0.111. The van der Waals surface area contributed by atoms with Crippen molar-refractivity contribution >= 4 is 44.4 Å². The fourth-order valence-corrected chi connectivity index (χ4v) is 3.85. The summed E-state index contributed by atoms with van der Waals surface area (Å²) in [6.45, 7) is 4.27. The maximum atomic E-state index is 11.1. The third-order valence-corrected chi connectivity index (χ3v) is 5.27. The van der Waals surface area contributed by atoms with Gasteiger partial charge in [0.2, 0.25) is 0 Å². The Bertz CT molecular complexity index is 978. The molecule has 0 aliphatic rings. The number of phenolic OH excluding ortho intramolecular Hbond substituents is 1. The first-order chi connectivity index (χ1) is 13.8. The molecular formula is C23H20Br2O4. The fourth-order valence-electron chi connectivity index (χ4n) is 2.54. The summed E-state index contributed by atoms with van der Waals surface area (Å²) in [4.78, 5) is 21.4. The number of carbonyl (C=O) groups is 2. The Kier molecular flexibility index (Phi) is 8.61. The van der Waals surface area contributed by atoms with Gasteiger partial charge in [0.1, 0.15) is 18.1 Å². The van der Waals surface area contributed by atoms with Gasteiger partial charge >= 0.3 is 0 Å². The maximum Gasteiger partial charge on any atom is 0.154 e. The summed E-state index contributed by atoms with van der Waals surface area (Å²) >= 11 is 6.54. The number of phenols is 1. The molecule has 3 rings (SSSR count). The number of ether oxygens (including phenoxy) is 1. The molecule has 0 atom stereocenters. The molecule has 6 heteroatoms. The van der Waals surface area contributed by atoms with Crippen LogP contribution in [0.25, 0.3) is 0 Å². The van der Waals surface area contributed by atoms with Crippen LogP contribution in [0.3, 0.4) is 0 Å². The second-order valence-electron chi connectivity index (χ2n) is 6.35. The molecule has 29 heavy (non-hydrogen) atoms. The SMILES string of the molecule is Cc1cc(Br)c(C=O)c(OCc2ccccc2)c1.Cc1cc(O)c(C=O)c(Br)c1. The van der Waals surface area contributed by atoms with Gasteiger partial charge in [-0.25, -0.2) is 0 Å². The van der Waals surface area contributed by atoms with Gasteiger partial charge in [-0.1, -0.05) is 30.3 Å². The first-order valence-electron chi connectivity index (χ1n) is 8.72. The molecule has 4 nitrogen and oxygen atoms in total. The molecule has 0 bridgehead atoms. The van der Waals surface area contributed by atoms with Crippen molar-refractivity contribution in [3.05, 3.63) is 91.4 Å². The van der Waals surface area contributed by atoms with Crippen molar-refractivity contribution in [2.75, 3.05) is 0 Å². The van der Waals surface area contributed by atoms with Crippen LogP contribution in [0.4, 0.5) is 0 Å². The second kappa shape index (κ2) is 10.9. The zero-order chi connectivity index (χ0) is 21.4. The molecule has 0 saturated carbocycles. The average molecular weight is 520 g/mol. The molecule has 0 aromatic heterocycles. The zero-order valence-electron chi connectivity index (χ0n) is 16.0. The Morgan fingerprint density at radius 1 is 0.862 bits per heavy atom. The standard InChI is InChI=1S/C15H13BrO2.C8H7BrO2/c1-11-7-14(16)13(9-17)15(8-11)18-10-12-5-3-2-4-6-12;1-5-2-7(9)6(4-10)8(11)3-5/h2-9H,10H2,1H3;2-4,11H,1H3. The van der Waals surface area contributed by atoms with Gasteiger partial charge in [0.15, 0.2) is 12.6 Å². The molecule has 0 aliphatic carbocycles. The lowest BCUT2D eigenvalue weighted by Crippen LogP contribution is -1.99. The normalized spacial score (nSPS) is 9.93. The highest BCUT2D eigenvalue weighted by Crippen LogP contribution is 2.28. The van der Waals surface area contributed by atoms with E-state index in [2.05, 4.69) is 31.9 Å². The second-order valence-corrected chi connectivity index (χ2v) is 8.06. The highest BCUT2D eigenvalue weighted by Gasteiger charge is 2.09. The minimum Gasteiger partial charge on any atom is -0.507 e. The van der Waals surface area contributed by atoms with E-state index >= 15 is 0 Å². The fraction of sp³-hybridized carbons (Fsp3) is 0.130. The molecule has 150 valence electrons. The average Bonchev–Trinajstić information content (AvgIpc) is 2.67. The molecule has 3 aromatic rings. The van der Waals surface area contributed by atoms with E-state index in [0.29, 0.717) is 34.2 Å². The molecule has 3 aromatic carbocycles. The van der Waals surface area contributed by atoms with Crippen LogP contribution >= 0.6 is 31.9 Å². The molecule has 0 fully saturated rings. The van der Waals surface area contributed by atoms with Gasteiger partial charge in [-0.2, -0.15) is 0 Å². The minimum atomic E-state index is 0.0203. The van der Waals surface area contributed by atoms with E-state index in [4.69, 9.17) is 4.74 Å². The summed E-state index contributed by atoms with van der Waals surface area (Å²) in [7, 11) is 0. The van der Waals surface area contributed by atoms with Gasteiger partial charge < -0.3 is 9.84 Å². The van der Waals surface area contributed by atoms with Crippen LogP contribution in [-0.4, -0.2) is 17.7 Å². The Balaban J connectivity index is 0.000000234. The van der Waals surface area contributed by atoms with Crippen LogP contribution < -0.4 is 4.74 Å². The number of hydrogen-bond donors (Lipinski definition) is 1. The van der Waals surface area contributed by atoms with Crippen LogP contribution in [0.1, 0.15) is 37.4 Å². The lowest BCUT2D eigenvalue weighted by Gasteiger charge is -2.11. The van der Waals surface area contributed by atoms with Crippen molar-refractivity contribution in [1.82, 2.24) is 0 Å². The number of halogens is 2. The topological polar surface area (TPSA) is 63.6 Å².